The van der Waals surface area contributed by atoms with Crippen LogP contribution in [0, 0.1) is 24.0 Å². The minimum absolute atomic E-state index is 0.0179. The van der Waals surface area contributed by atoms with E-state index in [1.807, 2.05) is 0 Å². The molecule has 2 N–H and O–H groups in total. The second-order valence-corrected chi connectivity index (χ2v) is 3.81. The molecular formula is C11H11N5O2. The van der Waals surface area contributed by atoms with E-state index in [4.69, 9.17) is 5.73 Å². The van der Waals surface area contributed by atoms with Crippen LogP contribution in [0.1, 0.15) is 11.3 Å². The third kappa shape index (κ3) is 1.97. The van der Waals surface area contributed by atoms with Crippen molar-refractivity contribution in [1.82, 2.24) is 15.0 Å². The van der Waals surface area contributed by atoms with Crippen LogP contribution in [0.25, 0.3) is 11.3 Å². The Hall–Kier alpha value is -2.57. The summed E-state index contributed by atoms with van der Waals surface area (Å²) in [4.78, 5) is 22.4. The van der Waals surface area contributed by atoms with Crippen LogP contribution in [0.2, 0.25) is 0 Å². The van der Waals surface area contributed by atoms with Gasteiger partial charge >= 0.3 is 5.69 Å². The molecule has 0 unspecified atom stereocenters. The van der Waals surface area contributed by atoms with E-state index in [2.05, 4.69) is 15.0 Å². The van der Waals surface area contributed by atoms with Gasteiger partial charge in [-0.25, -0.2) is 9.97 Å². The molecule has 2 aromatic rings. The van der Waals surface area contributed by atoms with Crippen molar-refractivity contribution in [3.05, 3.63) is 39.8 Å². The zero-order valence-corrected chi connectivity index (χ0v) is 9.91. The number of pyridine rings is 1. The summed E-state index contributed by atoms with van der Waals surface area (Å²) in [7, 11) is 0. The highest BCUT2D eigenvalue weighted by atomic mass is 16.6. The number of anilines is 1. The minimum Gasteiger partial charge on any atom is -0.368 e. The number of aromatic nitrogens is 3. The van der Waals surface area contributed by atoms with Gasteiger partial charge in [0.2, 0.25) is 5.95 Å². The van der Waals surface area contributed by atoms with Gasteiger partial charge in [0.1, 0.15) is 5.69 Å². The van der Waals surface area contributed by atoms with Crippen molar-refractivity contribution in [2.45, 2.75) is 13.8 Å². The van der Waals surface area contributed by atoms with E-state index in [1.54, 1.807) is 25.4 Å². The molecule has 0 aliphatic carbocycles. The van der Waals surface area contributed by atoms with Crippen LogP contribution >= 0.6 is 0 Å². The van der Waals surface area contributed by atoms with Crippen LogP contribution in [-0.2, 0) is 0 Å². The van der Waals surface area contributed by atoms with E-state index < -0.39 is 4.92 Å². The Labute approximate surface area is 103 Å². The second-order valence-electron chi connectivity index (χ2n) is 3.81. The third-order valence-electron chi connectivity index (χ3n) is 2.53. The fourth-order valence-corrected chi connectivity index (χ4v) is 1.73. The summed E-state index contributed by atoms with van der Waals surface area (Å²) in [6, 6.07) is 1.67. The molecule has 0 aromatic carbocycles. The fourth-order valence-electron chi connectivity index (χ4n) is 1.73. The van der Waals surface area contributed by atoms with Crippen molar-refractivity contribution < 1.29 is 4.92 Å². The molecule has 0 spiro atoms. The molecule has 0 radical (unpaired) electrons. The third-order valence-corrected chi connectivity index (χ3v) is 2.53. The number of aryl methyl sites for hydroxylation is 2. The molecule has 2 rings (SSSR count). The number of nitrogen functional groups attached to an aromatic ring is 1. The molecule has 0 amide bonds. The largest absolute Gasteiger partial charge is 0.368 e. The van der Waals surface area contributed by atoms with Crippen molar-refractivity contribution in [2.24, 2.45) is 0 Å². The van der Waals surface area contributed by atoms with E-state index in [-0.39, 0.29) is 23.0 Å². The summed E-state index contributed by atoms with van der Waals surface area (Å²) < 4.78 is 0. The van der Waals surface area contributed by atoms with E-state index in [0.29, 0.717) is 5.56 Å². The van der Waals surface area contributed by atoms with Gasteiger partial charge in [0.05, 0.1) is 4.92 Å². The highest BCUT2D eigenvalue weighted by Gasteiger charge is 2.23. The zero-order chi connectivity index (χ0) is 13.3. The topological polar surface area (TPSA) is 108 Å². The van der Waals surface area contributed by atoms with Crippen LogP contribution in [0.5, 0.6) is 0 Å². The summed E-state index contributed by atoms with van der Waals surface area (Å²) in [5.74, 6) is 0.0179. The lowest BCUT2D eigenvalue weighted by Gasteiger charge is -2.07. The first-order valence-corrected chi connectivity index (χ1v) is 5.20. The summed E-state index contributed by atoms with van der Waals surface area (Å²) in [6.07, 6.45) is 3.17. The predicted molar refractivity (Wildman–Crippen MR) is 65.8 cm³/mol. The smallest absolute Gasteiger partial charge is 0.316 e. The van der Waals surface area contributed by atoms with Crippen LogP contribution < -0.4 is 5.73 Å². The van der Waals surface area contributed by atoms with Gasteiger partial charge in [0, 0.05) is 18.0 Å². The van der Waals surface area contributed by atoms with Crippen LogP contribution in [-0.4, -0.2) is 19.9 Å². The number of hydrogen-bond donors (Lipinski definition) is 1. The number of hydrogen-bond acceptors (Lipinski definition) is 6. The standard InChI is InChI=1S/C11H11N5O2/c1-6-5-13-4-3-8(6)9-10(16(17)18)7(2)14-11(12)15-9/h3-5H,1-2H3,(H2,12,14,15). The summed E-state index contributed by atoms with van der Waals surface area (Å²) in [5.41, 5.74) is 7.33. The molecule has 2 aromatic heterocycles. The van der Waals surface area contributed by atoms with E-state index in [9.17, 15) is 10.1 Å². The molecule has 0 bridgehead atoms. The maximum Gasteiger partial charge on any atom is 0.316 e. The Bertz CT molecular complexity index is 627. The van der Waals surface area contributed by atoms with Crippen molar-refractivity contribution >= 4 is 11.6 Å². The van der Waals surface area contributed by atoms with E-state index >= 15 is 0 Å². The van der Waals surface area contributed by atoms with Gasteiger partial charge in [0.25, 0.3) is 0 Å². The SMILES string of the molecule is Cc1cnccc1-c1nc(N)nc(C)c1[N+](=O)[O-]. The van der Waals surface area contributed by atoms with Crippen molar-refractivity contribution in [1.29, 1.82) is 0 Å². The Kier molecular flexibility index (Phi) is 2.88. The average Bonchev–Trinajstić information content (AvgIpc) is 2.27. The lowest BCUT2D eigenvalue weighted by Crippen LogP contribution is -2.05. The van der Waals surface area contributed by atoms with Gasteiger partial charge in [-0.05, 0) is 25.5 Å². The monoisotopic (exact) mass is 245 g/mol. The molecule has 0 fully saturated rings. The van der Waals surface area contributed by atoms with E-state index in [1.165, 1.54) is 6.92 Å². The van der Waals surface area contributed by atoms with Crippen molar-refractivity contribution in [3.63, 3.8) is 0 Å². The Morgan fingerprint density at radius 1 is 1.33 bits per heavy atom. The number of nitrogens with two attached hydrogens (primary N) is 1. The lowest BCUT2D eigenvalue weighted by atomic mass is 10.1. The normalized spacial score (nSPS) is 10.3. The minimum atomic E-state index is -0.496. The summed E-state index contributed by atoms with van der Waals surface area (Å²) in [5, 5.41) is 11.1. The molecule has 92 valence electrons. The molecule has 0 aliphatic heterocycles. The molecule has 7 nitrogen and oxygen atoms in total. The number of nitro groups is 1. The zero-order valence-electron chi connectivity index (χ0n) is 9.91. The van der Waals surface area contributed by atoms with Crippen molar-refractivity contribution in [3.8, 4) is 11.3 Å². The quantitative estimate of drug-likeness (QED) is 0.636. The van der Waals surface area contributed by atoms with Crippen LogP contribution in [0.15, 0.2) is 18.5 Å². The maximum atomic E-state index is 11.1. The van der Waals surface area contributed by atoms with Gasteiger partial charge in [-0.1, -0.05) is 0 Å². The van der Waals surface area contributed by atoms with Gasteiger partial charge in [-0.2, -0.15) is 0 Å². The van der Waals surface area contributed by atoms with Gasteiger partial charge in [-0.15, -0.1) is 0 Å². The maximum absolute atomic E-state index is 11.1. The second kappa shape index (κ2) is 4.36. The molecule has 0 atom stereocenters. The molecule has 0 saturated carbocycles. The Morgan fingerprint density at radius 3 is 2.67 bits per heavy atom. The molecule has 18 heavy (non-hydrogen) atoms. The lowest BCUT2D eigenvalue weighted by molar-refractivity contribution is -0.385. The Morgan fingerprint density at radius 2 is 2.06 bits per heavy atom. The number of rotatable bonds is 2. The number of nitrogens with zero attached hydrogens (tertiary/aromatic N) is 4. The predicted octanol–water partition coefficient (Wildman–Crippen LogP) is 1.65. The first-order valence-electron chi connectivity index (χ1n) is 5.20. The van der Waals surface area contributed by atoms with Gasteiger partial charge < -0.3 is 5.73 Å². The Balaban J connectivity index is 2.78. The summed E-state index contributed by atoms with van der Waals surface area (Å²) in [6.45, 7) is 3.34. The highest BCUT2D eigenvalue weighted by Crippen LogP contribution is 2.31. The van der Waals surface area contributed by atoms with Crippen LogP contribution in [0.3, 0.4) is 0 Å². The molecule has 0 aliphatic rings. The van der Waals surface area contributed by atoms with Gasteiger partial charge in [-0.3, -0.25) is 15.1 Å². The molecule has 7 heteroatoms. The van der Waals surface area contributed by atoms with Crippen molar-refractivity contribution in [2.75, 3.05) is 5.73 Å². The molecule has 2 heterocycles. The molecular weight excluding hydrogens is 234 g/mol. The average molecular weight is 245 g/mol. The highest BCUT2D eigenvalue weighted by molar-refractivity contribution is 5.73. The first kappa shape index (κ1) is 11.9. The van der Waals surface area contributed by atoms with E-state index in [0.717, 1.165) is 5.56 Å². The molecule has 0 saturated heterocycles. The van der Waals surface area contributed by atoms with Crippen LogP contribution in [0.4, 0.5) is 11.6 Å². The summed E-state index contributed by atoms with van der Waals surface area (Å²) >= 11 is 0. The van der Waals surface area contributed by atoms with Gasteiger partial charge in [0.15, 0.2) is 5.69 Å². The first-order chi connectivity index (χ1) is 8.50. The fraction of sp³-hybridized carbons (Fsp3) is 0.182.